The molecular formula is C8H15IN2O. The van der Waals surface area contributed by atoms with Crippen molar-refractivity contribution in [3.8, 4) is 0 Å². The van der Waals surface area contributed by atoms with Crippen molar-refractivity contribution in [1.29, 1.82) is 0 Å². The van der Waals surface area contributed by atoms with Crippen LogP contribution >= 0.6 is 22.6 Å². The summed E-state index contributed by atoms with van der Waals surface area (Å²) >= 11 is 1.77. The predicted octanol–water partition coefficient (Wildman–Crippen LogP) is 1.62. The van der Waals surface area contributed by atoms with Crippen LogP contribution in [0.25, 0.3) is 0 Å². The van der Waals surface area contributed by atoms with E-state index < -0.39 is 0 Å². The van der Waals surface area contributed by atoms with Gasteiger partial charge < -0.3 is 10.2 Å². The molecule has 1 amide bonds. The Morgan fingerprint density at radius 1 is 1.42 bits per heavy atom. The Morgan fingerprint density at radius 3 is 2.67 bits per heavy atom. The van der Waals surface area contributed by atoms with Crippen LogP contribution in [0.5, 0.6) is 0 Å². The van der Waals surface area contributed by atoms with E-state index in [1.54, 1.807) is 22.6 Å². The molecule has 1 N–H and O–H groups in total. The van der Waals surface area contributed by atoms with Crippen LogP contribution in [0.4, 0.5) is 4.79 Å². The van der Waals surface area contributed by atoms with E-state index in [1.807, 2.05) is 0 Å². The SMILES string of the molecule is O=C(I)NCCCN1CCCC1. The lowest BCUT2D eigenvalue weighted by atomic mass is 10.4. The molecule has 1 rings (SSSR count). The molecule has 1 aliphatic rings. The molecule has 4 heteroatoms. The highest BCUT2D eigenvalue weighted by molar-refractivity contribution is 14.1. The fraction of sp³-hybridized carbons (Fsp3) is 0.875. The Bertz CT molecular complexity index is 146. The molecule has 0 aromatic heterocycles. The highest BCUT2D eigenvalue weighted by Gasteiger charge is 2.09. The number of likely N-dealkylation sites (tertiary alicyclic amines) is 1. The number of carbonyl (C=O) groups excluding carboxylic acids is 1. The molecule has 0 unspecified atom stereocenters. The molecule has 1 aliphatic heterocycles. The van der Waals surface area contributed by atoms with Crippen LogP contribution in [-0.2, 0) is 0 Å². The Hall–Kier alpha value is 0.160. The minimum Gasteiger partial charge on any atom is -0.347 e. The van der Waals surface area contributed by atoms with Crippen LogP contribution in [0.1, 0.15) is 19.3 Å². The molecule has 0 saturated carbocycles. The van der Waals surface area contributed by atoms with Gasteiger partial charge in [0.15, 0.2) is 0 Å². The second-order valence-electron chi connectivity index (χ2n) is 3.10. The van der Waals surface area contributed by atoms with E-state index in [2.05, 4.69) is 10.2 Å². The van der Waals surface area contributed by atoms with Crippen molar-refractivity contribution in [3.63, 3.8) is 0 Å². The van der Waals surface area contributed by atoms with Crippen LogP contribution < -0.4 is 5.32 Å². The van der Waals surface area contributed by atoms with Crippen LogP contribution in [0.2, 0.25) is 0 Å². The average molecular weight is 282 g/mol. The van der Waals surface area contributed by atoms with Crippen molar-refractivity contribution >= 4 is 26.5 Å². The minimum atomic E-state index is 0.0500. The summed E-state index contributed by atoms with van der Waals surface area (Å²) in [5.74, 6) is 0. The van der Waals surface area contributed by atoms with E-state index >= 15 is 0 Å². The fourth-order valence-electron chi connectivity index (χ4n) is 1.50. The largest absolute Gasteiger partial charge is 0.347 e. The van der Waals surface area contributed by atoms with Gasteiger partial charge in [0.25, 0.3) is 3.91 Å². The van der Waals surface area contributed by atoms with E-state index in [1.165, 1.54) is 25.9 Å². The molecule has 1 saturated heterocycles. The zero-order valence-electron chi connectivity index (χ0n) is 7.18. The van der Waals surface area contributed by atoms with Gasteiger partial charge in [-0.05, 0) is 38.9 Å². The van der Waals surface area contributed by atoms with Gasteiger partial charge in [-0.15, -0.1) is 0 Å². The molecule has 3 nitrogen and oxygen atoms in total. The Morgan fingerprint density at radius 2 is 2.08 bits per heavy atom. The van der Waals surface area contributed by atoms with Gasteiger partial charge in [-0.1, -0.05) is 0 Å². The first-order chi connectivity index (χ1) is 5.79. The lowest BCUT2D eigenvalue weighted by Gasteiger charge is -2.13. The fourth-order valence-corrected chi connectivity index (χ4v) is 1.77. The molecular weight excluding hydrogens is 267 g/mol. The summed E-state index contributed by atoms with van der Waals surface area (Å²) in [6.07, 6.45) is 3.77. The number of rotatable bonds is 4. The molecule has 1 heterocycles. The Labute approximate surface area is 87.0 Å². The van der Waals surface area contributed by atoms with E-state index in [-0.39, 0.29) is 3.91 Å². The number of hydrogen-bond acceptors (Lipinski definition) is 2. The number of carbonyl (C=O) groups is 1. The summed E-state index contributed by atoms with van der Waals surface area (Å²) in [5, 5.41) is 2.79. The van der Waals surface area contributed by atoms with Gasteiger partial charge in [0.1, 0.15) is 0 Å². The van der Waals surface area contributed by atoms with Crippen molar-refractivity contribution < 1.29 is 4.79 Å². The second-order valence-corrected chi connectivity index (χ2v) is 4.08. The lowest BCUT2D eigenvalue weighted by Crippen LogP contribution is -2.25. The molecule has 0 bridgehead atoms. The highest BCUT2D eigenvalue weighted by atomic mass is 127. The summed E-state index contributed by atoms with van der Waals surface area (Å²) in [7, 11) is 0. The van der Waals surface area contributed by atoms with Gasteiger partial charge in [-0.2, -0.15) is 0 Å². The average Bonchev–Trinajstić information content (AvgIpc) is 2.49. The maximum absolute atomic E-state index is 10.5. The van der Waals surface area contributed by atoms with Crippen LogP contribution in [0.15, 0.2) is 0 Å². The maximum Gasteiger partial charge on any atom is 0.280 e. The number of nitrogens with one attached hydrogen (secondary N) is 1. The molecule has 0 radical (unpaired) electrons. The molecule has 0 atom stereocenters. The lowest BCUT2D eigenvalue weighted by molar-refractivity contribution is 0.261. The number of halogens is 1. The molecule has 0 aromatic rings. The second kappa shape index (κ2) is 5.75. The van der Waals surface area contributed by atoms with Gasteiger partial charge >= 0.3 is 0 Å². The number of nitrogens with zero attached hydrogens (tertiary/aromatic N) is 1. The van der Waals surface area contributed by atoms with E-state index in [4.69, 9.17) is 0 Å². The third-order valence-corrected chi connectivity index (χ3v) is 2.50. The topological polar surface area (TPSA) is 32.3 Å². The molecule has 0 aliphatic carbocycles. The first-order valence-electron chi connectivity index (χ1n) is 4.45. The van der Waals surface area contributed by atoms with Gasteiger partial charge in [-0.3, -0.25) is 4.79 Å². The van der Waals surface area contributed by atoms with Crippen molar-refractivity contribution in [1.82, 2.24) is 10.2 Å². The normalized spacial score (nSPS) is 18.1. The zero-order valence-corrected chi connectivity index (χ0v) is 9.34. The first kappa shape index (κ1) is 10.2. The van der Waals surface area contributed by atoms with Gasteiger partial charge in [0.2, 0.25) is 0 Å². The van der Waals surface area contributed by atoms with E-state index in [0.717, 1.165) is 19.5 Å². The van der Waals surface area contributed by atoms with E-state index in [0.29, 0.717) is 0 Å². The highest BCUT2D eigenvalue weighted by Crippen LogP contribution is 2.06. The molecule has 1 fully saturated rings. The van der Waals surface area contributed by atoms with Crippen molar-refractivity contribution in [2.75, 3.05) is 26.2 Å². The van der Waals surface area contributed by atoms with E-state index in [9.17, 15) is 4.79 Å². The maximum atomic E-state index is 10.5. The molecule has 12 heavy (non-hydrogen) atoms. The summed E-state index contributed by atoms with van der Waals surface area (Å²) in [6, 6.07) is 0. The van der Waals surface area contributed by atoms with Crippen molar-refractivity contribution in [2.45, 2.75) is 19.3 Å². The van der Waals surface area contributed by atoms with Gasteiger partial charge in [0.05, 0.1) is 0 Å². The predicted molar refractivity (Wildman–Crippen MR) is 57.7 cm³/mol. The monoisotopic (exact) mass is 282 g/mol. The molecule has 70 valence electrons. The van der Waals surface area contributed by atoms with Crippen LogP contribution in [0, 0.1) is 0 Å². The van der Waals surface area contributed by atoms with Gasteiger partial charge in [0, 0.05) is 29.1 Å². The smallest absolute Gasteiger partial charge is 0.280 e. The van der Waals surface area contributed by atoms with Gasteiger partial charge in [-0.25, -0.2) is 0 Å². The summed E-state index contributed by atoms with van der Waals surface area (Å²) < 4.78 is 0.0500. The molecule has 0 spiro atoms. The Kier molecular flexibility index (Phi) is 4.90. The molecule has 0 aromatic carbocycles. The Balaban J connectivity index is 1.91. The number of amides is 1. The van der Waals surface area contributed by atoms with Crippen LogP contribution in [-0.4, -0.2) is 35.0 Å². The summed E-state index contributed by atoms with van der Waals surface area (Å²) in [5.41, 5.74) is 0. The zero-order chi connectivity index (χ0) is 8.81. The van der Waals surface area contributed by atoms with Crippen LogP contribution in [0.3, 0.4) is 0 Å². The quantitative estimate of drug-likeness (QED) is 0.368. The summed E-state index contributed by atoms with van der Waals surface area (Å²) in [4.78, 5) is 13.0. The van der Waals surface area contributed by atoms with Crippen molar-refractivity contribution in [2.24, 2.45) is 0 Å². The van der Waals surface area contributed by atoms with Crippen molar-refractivity contribution in [3.05, 3.63) is 0 Å². The first-order valence-corrected chi connectivity index (χ1v) is 5.52. The summed E-state index contributed by atoms with van der Waals surface area (Å²) in [6.45, 7) is 4.45. The number of hydrogen-bond donors (Lipinski definition) is 1. The minimum absolute atomic E-state index is 0.0500. The standard InChI is InChI=1S/C8H15IN2O/c9-8(12)10-4-3-7-11-5-1-2-6-11/h1-7H2,(H,10,12). The third-order valence-electron chi connectivity index (χ3n) is 2.11. The third kappa shape index (κ3) is 4.25.